The molecule has 2 aromatic rings. The maximum Gasteiger partial charge on any atom is 0.0992 e. The third-order valence-electron chi connectivity index (χ3n) is 2.43. The molecule has 1 N–H and O–H groups in total. The average molecular weight is 371 g/mol. The zero-order valence-electron chi connectivity index (χ0n) is 8.97. The van der Waals surface area contributed by atoms with Crippen LogP contribution in [0.2, 0.25) is 8.67 Å². The molecule has 2 heterocycles. The maximum absolute atomic E-state index is 6.18. The van der Waals surface area contributed by atoms with Crippen LogP contribution in [-0.2, 0) is 6.42 Å². The van der Waals surface area contributed by atoms with Crippen molar-refractivity contribution in [1.29, 1.82) is 0 Å². The van der Waals surface area contributed by atoms with Crippen LogP contribution in [-0.4, -0.2) is 7.05 Å². The Balaban J connectivity index is 2.19. The minimum Gasteiger partial charge on any atom is -0.313 e. The van der Waals surface area contributed by atoms with Gasteiger partial charge in [0.2, 0.25) is 0 Å². The van der Waals surface area contributed by atoms with E-state index in [1.54, 1.807) is 11.3 Å². The van der Waals surface area contributed by atoms with E-state index in [2.05, 4.69) is 32.7 Å². The molecule has 17 heavy (non-hydrogen) atoms. The fourth-order valence-electron chi connectivity index (χ4n) is 1.62. The average Bonchev–Trinajstić information content (AvgIpc) is 2.82. The van der Waals surface area contributed by atoms with Crippen LogP contribution >= 0.6 is 61.8 Å². The quantitative estimate of drug-likeness (QED) is 0.761. The number of hydrogen-bond donors (Lipinski definition) is 1. The van der Waals surface area contributed by atoms with Crippen molar-refractivity contribution in [2.75, 3.05) is 7.05 Å². The van der Waals surface area contributed by atoms with E-state index in [9.17, 15) is 0 Å². The van der Waals surface area contributed by atoms with Gasteiger partial charge in [0.25, 0.3) is 0 Å². The Morgan fingerprint density at radius 1 is 1.41 bits per heavy atom. The summed E-state index contributed by atoms with van der Waals surface area (Å²) in [6.07, 6.45) is 0.916. The lowest BCUT2D eigenvalue weighted by Gasteiger charge is -2.14. The van der Waals surface area contributed by atoms with Crippen LogP contribution in [0.5, 0.6) is 0 Å². The lowest BCUT2D eigenvalue weighted by atomic mass is 10.1. The second kappa shape index (κ2) is 6.04. The summed E-state index contributed by atoms with van der Waals surface area (Å²) in [6.45, 7) is 0. The van der Waals surface area contributed by atoms with E-state index < -0.39 is 0 Å². The second-order valence-corrected chi connectivity index (χ2v) is 7.75. The lowest BCUT2D eigenvalue weighted by Crippen LogP contribution is -2.18. The van der Waals surface area contributed by atoms with Gasteiger partial charge in [0, 0.05) is 32.8 Å². The Hall–Kier alpha value is 0.420. The van der Waals surface area contributed by atoms with Crippen LogP contribution in [0.25, 0.3) is 0 Å². The van der Waals surface area contributed by atoms with Crippen molar-refractivity contribution in [2.24, 2.45) is 0 Å². The summed E-state index contributed by atoms with van der Waals surface area (Å²) in [5.41, 5.74) is 1.08. The van der Waals surface area contributed by atoms with Crippen molar-refractivity contribution in [3.8, 4) is 0 Å². The Morgan fingerprint density at radius 3 is 2.65 bits per heavy atom. The zero-order valence-corrected chi connectivity index (χ0v) is 13.7. The van der Waals surface area contributed by atoms with Gasteiger partial charge in [-0.05, 0) is 35.1 Å². The van der Waals surface area contributed by atoms with Gasteiger partial charge in [-0.1, -0.05) is 23.2 Å². The van der Waals surface area contributed by atoms with Gasteiger partial charge in [0.15, 0.2) is 0 Å². The van der Waals surface area contributed by atoms with E-state index in [0.717, 1.165) is 25.1 Å². The van der Waals surface area contributed by atoms with E-state index in [-0.39, 0.29) is 6.04 Å². The maximum atomic E-state index is 6.18. The van der Waals surface area contributed by atoms with Crippen LogP contribution in [0.3, 0.4) is 0 Å². The third-order valence-corrected chi connectivity index (χ3v) is 5.67. The van der Waals surface area contributed by atoms with E-state index in [4.69, 9.17) is 23.2 Å². The van der Waals surface area contributed by atoms with Crippen LogP contribution in [0.1, 0.15) is 16.5 Å². The molecule has 1 atom stereocenters. The SMILES string of the molecule is CNC(Cc1cc(Br)cs1)c1cc(Cl)sc1Cl. The van der Waals surface area contributed by atoms with Crippen molar-refractivity contribution in [2.45, 2.75) is 12.5 Å². The normalized spacial score (nSPS) is 12.9. The molecule has 2 aromatic heterocycles. The van der Waals surface area contributed by atoms with Gasteiger partial charge in [-0.15, -0.1) is 22.7 Å². The zero-order chi connectivity index (χ0) is 12.4. The number of likely N-dealkylation sites (N-methyl/N-ethyl adjacent to an activating group) is 1. The summed E-state index contributed by atoms with van der Waals surface area (Å²) in [4.78, 5) is 1.31. The van der Waals surface area contributed by atoms with Gasteiger partial charge in [0.05, 0.1) is 8.67 Å². The van der Waals surface area contributed by atoms with Gasteiger partial charge in [-0.25, -0.2) is 0 Å². The van der Waals surface area contributed by atoms with Crippen molar-refractivity contribution in [3.63, 3.8) is 0 Å². The summed E-state index contributed by atoms with van der Waals surface area (Å²) in [6, 6.07) is 4.28. The number of nitrogens with one attached hydrogen (secondary N) is 1. The van der Waals surface area contributed by atoms with E-state index in [0.29, 0.717) is 0 Å². The number of halogens is 3. The van der Waals surface area contributed by atoms with Crippen LogP contribution < -0.4 is 5.32 Å². The van der Waals surface area contributed by atoms with Gasteiger partial charge in [-0.3, -0.25) is 0 Å². The first-order valence-electron chi connectivity index (χ1n) is 4.95. The molecule has 2 rings (SSSR count). The topological polar surface area (TPSA) is 12.0 Å². The minimum atomic E-state index is 0.205. The van der Waals surface area contributed by atoms with Gasteiger partial charge in [-0.2, -0.15) is 0 Å². The van der Waals surface area contributed by atoms with Crippen LogP contribution in [0.4, 0.5) is 0 Å². The first-order valence-corrected chi connectivity index (χ1v) is 8.19. The molecule has 0 aliphatic rings. The number of hydrogen-bond acceptors (Lipinski definition) is 3. The summed E-state index contributed by atoms with van der Waals surface area (Å²) in [5, 5.41) is 5.37. The highest BCUT2D eigenvalue weighted by Gasteiger charge is 2.17. The molecule has 1 unspecified atom stereocenters. The predicted molar refractivity (Wildman–Crippen MR) is 81.9 cm³/mol. The highest BCUT2D eigenvalue weighted by Crippen LogP contribution is 2.36. The summed E-state index contributed by atoms with van der Waals surface area (Å²) < 4.78 is 2.63. The standard InChI is InChI=1S/C11H10BrCl2NS2/c1-15-9(3-7-2-6(12)5-16-7)8-4-10(13)17-11(8)14/h2,4-5,9,15H,3H2,1H3. The molecule has 0 aliphatic carbocycles. The second-order valence-electron chi connectivity index (χ2n) is 3.56. The van der Waals surface area contributed by atoms with E-state index in [1.807, 2.05) is 13.1 Å². The van der Waals surface area contributed by atoms with Crippen LogP contribution in [0.15, 0.2) is 22.0 Å². The largest absolute Gasteiger partial charge is 0.313 e. The molecule has 0 bridgehead atoms. The third kappa shape index (κ3) is 3.46. The molecule has 0 amide bonds. The van der Waals surface area contributed by atoms with E-state index in [1.165, 1.54) is 16.2 Å². The highest BCUT2D eigenvalue weighted by atomic mass is 79.9. The molecule has 0 saturated carbocycles. The molecule has 0 saturated heterocycles. The molecule has 0 spiro atoms. The number of rotatable bonds is 4. The molecule has 92 valence electrons. The molecular formula is C11H10BrCl2NS2. The van der Waals surface area contributed by atoms with E-state index >= 15 is 0 Å². The minimum absolute atomic E-state index is 0.205. The molecule has 0 aromatic carbocycles. The Morgan fingerprint density at radius 2 is 2.18 bits per heavy atom. The first kappa shape index (κ1) is 13.8. The fraction of sp³-hybridized carbons (Fsp3) is 0.273. The van der Waals surface area contributed by atoms with Crippen molar-refractivity contribution in [1.82, 2.24) is 5.32 Å². The van der Waals surface area contributed by atoms with Gasteiger partial charge >= 0.3 is 0 Å². The van der Waals surface area contributed by atoms with Crippen LogP contribution in [0, 0.1) is 0 Å². The molecule has 6 heteroatoms. The Labute approximate surface area is 127 Å². The molecule has 1 nitrogen and oxygen atoms in total. The van der Waals surface area contributed by atoms with Gasteiger partial charge < -0.3 is 5.32 Å². The lowest BCUT2D eigenvalue weighted by molar-refractivity contribution is 0.598. The summed E-state index contributed by atoms with van der Waals surface area (Å²) in [7, 11) is 1.94. The Bertz CT molecular complexity index is 509. The van der Waals surface area contributed by atoms with Gasteiger partial charge in [0.1, 0.15) is 0 Å². The molecule has 0 radical (unpaired) electrons. The van der Waals surface area contributed by atoms with Crippen molar-refractivity contribution >= 4 is 61.8 Å². The highest BCUT2D eigenvalue weighted by molar-refractivity contribution is 9.10. The summed E-state index contributed by atoms with van der Waals surface area (Å²) >= 11 is 18.8. The van der Waals surface area contributed by atoms with Crippen molar-refractivity contribution in [3.05, 3.63) is 41.1 Å². The smallest absolute Gasteiger partial charge is 0.0992 e. The fourth-order valence-corrected chi connectivity index (χ4v) is 4.70. The Kier molecular flexibility index (Phi) is 4.92. The first-order chi connectivity index (χ1) is 8.10. The molecule has 0 aliphatic heterocycles. The number of thiophene rings is 2. The predicted octanol–water partition coefficient (Wildman–Crippen LogP) is 5.38. The van der Waals surface area contributed by atoms with Crippen molar-refractivity contribution < 1.29 is 0 Å². The molecule has 0 fully saturated rings. The summed E-state index contributed by atoms with van der Waals surface area (Å²) in [5.74, 6) is 0. The monoisotopic (exact) mass is 369 g/mol. The molecular weight excluding hydrogens is 361 g/mol.